The van der Waals surface area contributed by atoms with Crippen LogP contribution in [0.3, 0.4) is 0 Å². The van der Waals surface area contributed by atoms with Crippen molar-refractivity contribution in [2.24, 2.45) is 7.05 Å². The Morgan fingerprint density at radius 3 is 2.73 bits per heavy atom. The van der Waals surface area contributed by atoms with Crippen LogP contribution in [0.25, 0.3) is 16.8 Å². The summed E-state index contributed by atoms with van der Waals surface area (Å²) in [5.74, 6) is -0.285. The molecule has 0 aliphatic carbocycles. The fourth-order valence-electron chi connectivity index (χ4n) is 2.61. The van der Waals surface area contributed by atoms with Crippen molar-refractivity contribution in [2.75, 3.05) is 0 Å². The highest BCUT2D eigenvalue weighted by Gasteiger charge is 2.16. The largest absolute Gasteiger partial charge is 0.459 e. The Bertz CT molecular complexity index is 843. The maximum absolute atomic E-state index is 12.3. The normalized spacial score (nSPS) is 11.3. The minimum absolute atomic E-state index is 0.133. The third kappa shape index (κ3) is 2.39. The van der Waals surface area contributed by atoms with Crippen LogP contribution in [-0.4, -0.2) is 26.3 Å². The van der Waals surface area contributed by atoms with Gasteiger partial charge in [0, 0.05) is 31.2 Å². The Morgan fingerprint density at radius 2 is 2.09 bits per heavy atom. The molecule has 0 amide bonds. The Balaban J connectivity index is 2.15. The molecule has 5 heteroatoms. The van der Waals surface area contributed by atoms with Crippen LogP contribution in [-0.2, 0) is 11.8 Å². The lowest BCUT2D eigenvalue weighted by Gasteiger charge is -2.11. The summed E-state index contributed by atoms with van der Waals surface area (Å²) < 4.78 is 9.17. The molecule has 0 radical (unpaired) electrons. The van der Waals surface area contributed by atoms with Crippen LogP contribution in [0, 0.1) is 6.92 Å². The summed E-state index contributed by atoms with van der Waals surface area (Å²) in [6, 6.07) is 5.88. The second-order valence-electron chi connectivity index (χ2n) is 5.69. The van der Waals surface area contributed by atoms with E-state index in [2.05, 4.69) is 5.10 Å². The predicted octanol–water partition coefficient (Wildman–Crippen LogP) is 3.21. The summed E-state index contributed by atoms with van der Waals surface area (Å²) in [5, 5.41) is 4.21. The first-order valence-corrected chi connectivity index (χ1v) is 7.28. The van der Waals surface area contributed by atoms with E-state index in [1.807, 2.05) is 67.5 Å². The zero-order valence-electron chi connectivity index (χ0n) is 13.2. The molecule has 3 aromatic rings. The SMILES string of the molecule is Cc1cn2ccc(-c3ccnn3C)c2cc1C(=O)OC(C)C. The summed E-state index contributed by atoms with van der Waals surface area (Å²) in [6.45, 7) is 5.62. The number of carbonyl (C=O) groups excluding carboxylic acids is 1. The lowest BCUT2D eigenvalue weighted by Crippen LogP contribution is -2.13. The molecule has 22 heavy (non-hydrogen) atoms. The van der Waals surface area contributed by atoms with Crippen LogP contribution >= 0.6 is 0 Å². The van der Waals surface area contributed by atoms with Crippen LogP contribution < -0.4 is 0 Å². The third-order valence-corrected chi connectivity index (χ3v) is 3.65. The second-order valence-corrected chi connectivity index (χ2v) is 5.69. The molecule has 114 valence electrons. The Labute approximate surface area is 129 Å². The van der Waals surface area contributed by atoms with E-state index in [0.29, 0.717) is 5.56 Å². The zero-order valence-corrected chi connectivity index (χ0v) is 13.2. The van der Waals surface area contributed by atoms with Crippen LogP contribution in [0.4, 0.5) is 0 Å². The average molecular weight is 297 g/mol. The minimum atomic E-state index is -0.285. The molecule has 3 heterocycles. The summed E-state index contributed by atoms with van der Waals surface area (Å²) in [6.07, 6.45) is 5.57. The lowest BCUT2D eigenvalue weighted by atomic mass is 10.1. The van der Waals surface area contributed by atoms with E-state index in [4.69, 9.17) is 4.74 Å². The number of aromatic nitrogens is 3. The van der Waals surface area contributed by atoms with Gasteiger partial charge in [0.2, 0.25) is 0 Å². The number of nitrogens with zero attached hydrogens (tertiary/aromatic N) is 3. The van der Waals surface area contributed by atoms with Crippen molar-refractivity contribution in [3.63, 3.8) is 0 Å². The van der Waals surface area contributed by atoms with Gasteiger partial charge in [-0.25, -0.2) is 4.79 Å². The van der Waals surface area contributed by atoms with Gasteiger partial charge in [-0.05, 0) is 44.5 Å². The van der Waals surface area contributed by atoms with E-state index in [1.165, 1.54) is 0 Å². The maximum atomic E-state index is 12.3. The van der Waals surface area contributed by atoms with E-state index in [0.717, 1.165) is 22.3 Å². The van der Waals surface area contributed by atoms with Gasteiger partial charge in [0.25, 0.3) is 0 Å². The first kappa shape index (κ1) is 14.4. The molecule has 0 saturated carbocycles. The summed E-state index contributed by atoms with van der Waals surface area (Å²) >= 11 is 0. The standard InChI is InChI=1S/C17H19N3O2/c1-11(2)22-17(21)14-9-16-13(15-5-7-18-19(15)4)6-8-20(16)10-12(14)3/h5-11H,1-4H3. The molecule has 5 nitrogen and oxygen atoms in total. The first-order chi connectivity index (χ1) is 10.5. The number of ether oxygens (including phenoxy) is 1. The van der Waals surface area contributed by atoms with Crippen molar-refractivity contribution in [2.45, 2.75) is 26.9 Å². The molecule has 0 unspecified atom stereocenters. The van der Waals surface area contributed by atoms with Gasteiger partial charge in [-0.1, -0.05) is 0 Å². The number of hydrogen-bond donors (Lipinski definition) is 0. The molecule has 3 aromatic heterocycles. The van der Waals surface area contributed by atoms with Crippen LogP contribution in [0.1, 0.15) is 29.8 Å². The molecule has 0 aliphatic heterocycles. The van der Waals surface area contributed by atoms with Gasteiger partial charge in [-0.2, -0.15) is 5.10 Å². The van der Waals surface area contributed by atoms with E-state index < -0.39 is 0 Å². The second kappa shape index (κ2) is 5.33. The van der Waals surface area contributed by atoms with Crippen LogP contribution in [0.2, 0.25) is 0 Å². The zero-order chi connectivity index (χ0) is 15.9. The number of pyridine rings is 1. The minimum Gasteiger partial charge on any atom is -0.459 e. The highest BCUT2D eigenvalue weighted by molar-refractivity contribution is 5.94. The summed E-state index contributed by atoms with van der Waals surface area (Å²) in [4.78, 5) is 12.3. The third-order valence-electron chi connectivity index (χ3n) is 3.65. The van der Waals surface area contributed by atoms with E-state index in [1.54, 1.807) is 6.20 Å². The predicted molar refractivity (Wildman–Crippen MR) is 84.9 cm³/mol. The Morgan fingerprint density at radius 1 is 1.32 bits per heavy atom. The van der Waals surface area contributed by atoms with E-state index in [9.17, 15) is 4.79 Å². The van der Waals surface area contributed by atoms with E-state index in [-0.39, 0.29) is 12.1 Å². The van der Waals surface area contributed by atoms with Gasteiger partial charge < -0.3 is 9.14 Å². The Hall–Kier alpha value is -2.56. The summed E-state index contributed by atoms with van der Waals surface area (Å²) in [5.41, 5.74) is 4.51. The van der Waals surface area contributed by atoms with Crippen molar-refractivity contribution < 1.29 is 9.53 Å². The fraction of sp³-hybridized carbons (Fsp3) is 0.294. The van der Waals surface area contributed by atoms with Gasteiger partial charge in [0.1, 0.15) is 0 Å². The van der Waals surface area contributed by atoms with Crippen molar-refractivity contribution >= 4 is 11.5 Å². The van der Waals surface area contributed by atoms with Crippen LogP contribution in [0.15, 0.2) is 36.8 Å². The highest BCUT2D eigenvalue weighted by Crippen LogP contribution is 2.27. The van der Waals surface area contributed by atoms with Crippen molar-refractivity contribution in [3.8, 4) is 11.3 Å². The number of hydrogen-bond acceptors (Lipinski definition) is 3. The molecular weight excluding hydrogens is 278 g/mol. The van der Waals surface area contributed by atoms with Crippen molar-refractivity contribution in [1.82, 2.24) is 14.2 Å². The summed E-state index contributed by atoms with van der Waals surface area (Å²) in [7, 11) is 1.90. The number of fused-ring (bicyclic) bond motifs is 1. The van der Waals surface area contributed by atoms with Gasteiger partial charge >= 0.3 is 5.97 Å². The van der Waals surface area contributed by atoms with Crippen molar-refractivity contribution in [1.29, 1.82) is 0 Å². The lowest BCUT2D eigenvalue weighted by molar-refractivity contribution is 0.0377. The molecule has 0 aliphatic rings. The molecular formula is C17H19N3O2. The number of carbonyl (C=O) groups is 1. The maximum Gasteiger partial charge on any atom is 0.338 e. The fourth-order valence-corrected chi connectivity index (χ4v) is 2.61. The monoisotopic (exact) mass is 297 g/mol. The van der Waals surface area contributed by atoms with Gasteiger partial charge in [0.05, 0.1) is 22.9 Å². The van der Waals surface area contributed by atoms with Gasteiger partial charge in [0.15, 0.2) is 0 Å². The topological polar surface area (TPSA) is 48.5 Å². The Kier molecular flexibility index (Phi) is 3.48. The molecule has 0 N–H and O–H groups in total. The number of esters is 1. The number of rotatable bonds is 3. The van der Waals surface area contributed by atoms with Gasteiger partial charge in [-0.15, -0.1) is 0 Å². The molecule has 3 rings (SSSR count). The molecule has 0 spiro atoms. The first-order valence-electron chi connectivity index (χ1n) is 7.28. The number of aryl methyl sites for hydroxylation is 2. The average Bonchev–Trinajstić information content (AvgIpc) is 3.02. The highest BCUT2D eigenvalue weighted by atomic mass is 16.5. The molecule has 0 aromatic carbocycles. The molecule has 0 saturated heterocycles. The smallest absolute Gasteiger partial charge is 0.338 e. The van der Waals surface area contributed by atoms with E-state index >= 15 is 0 Å². The molecule has 0 fully saturated rings. The van der Waals surface area contributed by atoms with Crippen LogP contribution in [0.5, 0.6) is 0 Å². The quantitative estimate of drug-likeness (QED) is 0.697. The van der Waals surface area contributed by atoms with Crippen molar-refractivity contribution in [3.05, 3.63) is 47.9 Å². The molecule has 0 bridgehead atoms. The van der Waals surface area contributed by atoms with Gasteiger partial charge in [-0.3, -0.25) is 4.68 Å². The molecule has 0 atom stereocenters.